The number of pyridine rings is 1. The number of fused-ring (bicyclic) bond motifs is 1. The van der Waals surface area contributed by atoms with Crippen molar-refractivity contribution in [1.29, 1.82) is 0 Å². The summed E-state index contributed by atoms with van der Waals surface area (Å²) in [6.07, 6.45) is -0.571. The molecule has 0 saturated carbocycles. The molecule has 1 amide bonds. The van der Waals surface area contributed by atoms with Gasteiger partial charge in [0.15, 0.2) is 0 Å². The van der Waals surface area contributed by atoms with E-state index >= 15 is 0 Å². The van der Waals surface area contributed by atoms with Gasteiger partial charge in [-0.3, -0.25) is 13.9 Å². The number of nitrogens with two attached hydrogens (primary N) is 1. The summed E-state index contributed by atoms with van der Waals surface area (Å²) < 4.78 is 47.1. The van der Waals surface area contributed by atoms with E-state index in [1.54, 1.807) is 46.0 Å². The lowest BCUT2D eigenvalue weighted by molar-refractivity contribution is -0.137. The van der Waals surface area contributed by atoms with Crippen LogP contribution in [0.4, 0.5) is 19.0 Å². The molecule has 4 aromatic rings. The summed E-state index contributed by atoms with van der Waals surface area (Å²) in [5.74, 6) is 0.821. The zero-order chi connectivity index (χ0) is 25.4. The monoisotopic (exact) mass is 497 g/mol. The minimum absolute atomic E-state index is 0.191. The summed E-state index contributed by atoms with van der Waals surface area (Å²) in [5.41, 5.74) is 6.71. The van der Waals surface area contributed by atoms with Crippen molar-refractivity contribution >= 4 is 23.3 Å². The van der Waals surface area contributed by atoms with Crippen molar-refractivity contribution in [3.8, 4) is 17.2 Å². The predicted molar refractivity (Wildman–Crippen MR) is 127 cm³/mol. The van der Waals surface area contributed by atoms with Gasteiger partial charge >= 0.3 is 11.9 Å². The lowest BCUT2D eigenvalue weighted by Gasteiger charge is -2.30. The standard InChI is InChI=1S/C25H22F3N5O3/c26-25(27,28)16-3-7-19(8-4-16)36-20-9-5-17(6-10-20)33-22-21(11-12-30-23(22)29)32(24(33)35)18-2-1-13-31(14-18)15-34/h3-12,15,18H,1-2,13-14H2,(H2,29,30). The van der Waals surface area contributed by atoms with Crippen LogP contribution in [0.5, 0.6) is 11.5 Å². The van der Waals surface area contributed by atoms with Crippen molar-refractivity contribution in [1.82, 2.24) is 19.0 Å². The third-order valence-electron chi connectivity index (χ3n) is 6.27. The molecule has 186 valence electrons. The summed E-state index contributed by atoms with van der Waals surface area (Å²) in [4.78, 5) is 30.8. The van der Waals surface area contributed by atoms with E-state index in [2.05, 4.69) is 4.98 Å². The van der Waals surface area contributed by atoms with Crippen LogP contribution in [-0.4, -0.2) is 38.5 Å². The van der Waals surface area contributed by atoms with Crippen LogP contribution in [0.25, 0.3) is 16.7 Å². The normalized spacial score (nSPS) is 16.3. The molecular formula is C25H22F3N5O3. The van der Waals surface area contributed by atoms with Gasteiger partial charge in [0.25, 0.3) is 0 Å². The number of piperidine rings is 1. The first kappa shape index (κ1) is 23.5. The van der Waals surface area contributed by atoms with Gasteiger partial charge in [-0.2, -0.15) is 13.2 Å². The molecular weight excluding hydrogens is 475 g/mol. The predicted octanol–water partition coefficient (Wildman–Crippen LogP) is 4.37. The molecule has 0 spiro atoms. The van der Waals surface area contributed by atoms with Gasteiger partial charge in [0.2, 0.25) is 6.41 Å². The maximum absolute atomic E-state index is 13.6. The van der Waals surface area contributed by atoms with E-state index < -0.39 is 11.7 Å². The Hall–Kier alpha value is -4.28. The minimum Gasteiger partial charge on any atom is -0.457 e. The van der Waals surface area contributed by atoms with E-state index in [1.807, 2.05) is 0 Å². The van der Waals surface area contributed by atoms with Crippen LogP contribution in [0.3, 0.4) is 0 Å². The Balaban J connectivity index is 1.49. The zero-order valence-corrected chi connectivity index (χ0v) is 19.0. The number of nitrogens with zero attached hydrogens (tertiary/aromatic N) is 4. The Morgan fingerprint density at radius 3 is 2.33 bits per heavy atom. The van der Waals surface area contributed by atoms with Crippen molar-refractivity contribution in [3.63, 3.8) is 0 Å². The molecule has 1 aliphatic heterocycles. The molecule has 1 saturated heterocycles. The molecule has 3 heterocycles. The number of hydrogen-bond acceptors (Lipinski definition) is 5. The highest BCUT2D eigenvalue weighted by Gasteiger charge is 2.30. The Labute approximate surface area is 203 Å². The number of carbonyl (C=O) groups is 1. The number of amides is 1. The average molecular weight is 497 g/mol. The number of benzene rings is 2. The van der Waals surface area contributed by atoms with E-state index in [0.717, 1.165) is 31.4 Å². The molecule has 0 bridgehead atoms. The van der Waals surface area contributed by atoms with Gasteiger partial charge < -0.3 is 15.4 Å². The summed E-state index contributed by atoms with van der Waals surface area (Å²) >= 11 is 0. The van der Waals surface area contributed by atoms with Crippen molar-refractivity contribution in [2.45, 2.75) is 25.1 Å². The fraction of sp³-hybridized carbons (Fsp3) is 0.240. The van der Waals surface area contributed by atoms with Crippen LogP contribution >= 0.6 is 0 Å². The number of nitrogen functional groups attached to an aromatic ring is 1. The minimum atomic E-state index is -4.42. The van der Waals surface area contributed by atoms with Crippen LogP contribution < -0.4 is 16.2 Å². The first-order chi connectivity index (χ1) is 17.3. The number of hydrogen-bond donors (Lipinski definition) is 1. The molecule has 0 radical (unpaired) electrons. The highest BCUT2D eigenvalue weighted by atomic mass is 19.4. The van der Waals surface area contributed by atoms with E-state index in [-0.39, 0.29) is 23.3 Å². The molecule has 2 N–H and O–H groups in total. The second-order valence-electron chi connectivity index (χ2n) is 8.57. The second kappa shape index (κ2) is 9.06. The molecule has 1 unspecified atom stereocenters. The van der Waals surface area contributed by atoms with Gasteiger partial charge in [0.1, 0.15) is 22.8 Å². The number of anilines is 1. The van der Waals surface area contributed by atoms with E-state index in [1.165, 1.54) is 16.7 Å². The SMILES string of the molecule is Nc1nccc2c1n(-c1ccc(Oc3ccc(C(F)(F)F)cc3)cc1)c(=O)n2C1CCCN(C=O)C1. The van der Waals surface area contributed by atoms with E-state index in [0.29, 0.717) is 35.6 Å². The Kier molecular flexibility index (Phi) is 5.91. The molecule has 8 nitrogen and oxygen atoms in total. The molecule has 1 atom stereocenters. The Bertz CT molecular complexity index is 1460. The molecule has 5 rings (SSSR count). The topological polar surface area (TPSA) is 95.4 Å². The van der Waals surface area contributed by atoms with Gasteiger partial charge in [-0.1, -0.05) is 0 Å². The number of carbonyl (C=O) groups excluding carboxylic acids is 1. The summed E-state index contributed by atoms with van der Waals surface area (Å²) in [7, 11) is 0. The average Bonchev–Trinajstić information content (AvgIpc) is 3.17. The third-order valence-corrected chi connectivity index (χ3v) is 6.27. The van der Waals surface area contributed by atoms with Crippen molar-refractivity contribution < 1.29 is 22.7 Å². The van der Waals surface area contributed by atoms with Gasteiger partial charge in [0, 0.05) is 19.3 Å². The maximum atomic E-state index is 13.6. The highest BCUT2D eigenvalue weighted by molar-refractivity contribution is 5.87. The lowest BCUT2D eigenvalue weighted by atomic mass is 10.1. The third kappa shape index (κ3) is 4.28. The fourth-order valence-electron chi connectivity index (χ4n) is 4.58. The molecule has 11 heteroatoms. The molecule has 2 aromatic heterocycles. The van der Waals surface area contributed by atoms with Crippen LogP contribution in [0.15, 0.2) is 65.6 Å². The summed E-state index contributed by atoms with van der Waals surface area (Å²) in [6, 6.07) is 12.5. The highest BCUT2D eigenvalue weighted by Crippen LogP contribution is 2.32. The van der Waals surface area contributed by atoms with E-state index in [4.69, 9.17) is 10.5 Å². The molecule has 2 aromatic carbocycles. The molecule has 0 aliphatic carbocycles. The summed E-state index contributed by atoms with van der Waals surface area (Å²) in [6.45, 7) is 1.07. The molecule has 36 heavy (non-hydrogen) atoms. The van der Waals surface area contributed by atoms with Gasteiger partial charge in [-0.05, 0) is 67.4 Å². The van der Waals surface area contributed by atoms with Crippen molar-refractivity contribution in [2.24, 2.45) is 0 Å². The smallest absolute Gasteiger partial charge is 0.416 e. The number of alkyl halides is 3. The van der Waals surface area contributed by atoms with Crippen molar-refractivity contribution in [3.05, 3.63) is 76.8 Å². The molecule has 1 aliphatic rings. The Morgan fingerprint density at radius 1 is 1.03 bits per heavy atom. The second-order valence-corrected chi connectivity index (χ2v) is 8.57. The van der Waals surface area contributed by atoms with Gasteiger partial charge in [0.05, 0.1) is 22.8 Å². The maximum Gasteiger partial charge on any atom is 0.416 e. The fourth-order valence-corrected chi connectivity index (χ4v) is 4.58. The lowest BCUT2D eigenvalue weighted by Crippen LogP contribution is -2.39. The number of aromatic nitrogens is 3. The quantitative estimate of drug-likeness (QED) is 0.413. The Morgan fingerprint density at radius 2 is 1.69 bits per heavy atom. The molecule has 1 fully saturated rings. The largest absolute Gasteiger partial charge is 0.457 e. The number of ether oxygens (including phenoxy) is 1. The van der Waals surface area contributed by atoms with Crippen LogP contribution in [-0.2, 0) is 11.0 Å². The van der Waals surface area contributed by atoms with Crippen LogP contribution in [0.2, 0.25) is 0 Å². The van der Waals surface area contributed by atoms with E-state index in [9.17, 15) is 22.8 Å². The number of halogens is 3. The van der Waals surface area contributed by atoms with Crippen LogP contribution in [0, 0.1) is 0 Å². The van der Waals surface area contributed by atoms with Crippen LogP contribution in [0.1, 0.15) is 24.4 Å². The zero-order valence-electron chi connectivity index (χ0n) is 19.0. The first-order valence-corrected chi connectivity index (χ1v) is 11.3. The van der Waals surface area contributed by atoms with Gasteiger partial charge in [-0.15, -0.1) is 0 Å². The number of imidazole rings is 1. The number of likely N-dealkylation sites (tertiary alicyclic amines) is 1. The van der Waals surface area contributed by atoms with Gasteiger partial charge in [-0.25, -0.2) is 9.78 Å². The summed E-state index contributed by atoms with van der Waals surface area (Å²) in [5, 5.41) is 0. The van der Waals surface area contributed by atoms with Crippen molar-refractivity contribution in [2.75, 3.05) is 18.8 Å². The number of rotatable bonds is 5. The first-order valence-electron chi connectivity index (χ1n) is 11.3.